The maximum Gasteiger partial charge on any atom is 0.0701 e. The molecule has 0 aromatic rings. The van der Waals surface area contributed by atoms with E-state index in [1.807, 2.05) is 0 Å². The van der Waals surface area contributed by atoms with Crippen molar-refractivity contribution in [2.45, 2.75) is 0 Å². The smallest absolute Gasteiger partial charge is 0.0701 e. The first-order valence-electron chi connectivity index (χ1n) is 7.73. The van der Waals surface area contributed by atoms with Gasteiger partial charge in [0.1, 0.15) is 0 Å². The monoisotopic (exact) mass is 288 g/mol. The van der Waals surface area contributed by atoms with E-state index in [1.54, 1.807) is 0 Å². The molecule has 0 unspecified atom stereocenters. The van der Waals surface area contributed by atoms with Crippen molar-refractivity contribution in [3.8, 4) is 0 Å². The average Bonchev–Trinajstić information content (AvgIpc) is 2.43. The van der Waals surface area contributed by atoms with Crippen LogP contribution in [-0.2, 0) is 9.47 Å². The van der Waals surface area contributed by atoms with Gasteiger partial charge in [-0.3, -0.25) is 0 Å². The van der Waals surface area contributed by atoms with E-state index < -0.39 is 0 Å². The van der Waals surface area contributed by atoms with Crippen LogP contribution in [0.5, 0.6) is 0 Å². The summed E-state index contributed by atoms with van der Waals surface area (Å²) >= 11 is 0. The largest absolute Gasteiger partial charge is 0.378 e. The second-order valence-electron chi connectivity index (χ2n) is 5.33. The van der Waals surface area contributed by atoms with Gasteiger partial charge in [-0.25, -0.2) is 0 Å². The molecule has 1 heterocycles. The van der Waals surface area contributed by atoms with Crippen LogP contribution in [0.25, 0.3) is 0 Å². The van der Waals surface area contributed by atoms with Gasteiger partial charge in [0, 0.05) is 52.4 Å². The van der Waals surface area contributed by atoms with Crippen molar-refractivity contribution in [1.82, 2.24) is 20.4 Å². The standard InChI is InChI=1S/C14H32N4O2/c1-17-7-5-15-3-4-16-6-8-18(2)10-12-20-14-13-19-11-9-17/h15-16H,3-14H2,1-2H3. The number of hydrogen-bond acceptors (Lipinski definition) is 6. The summed E-state index contributed by atoms with van der Waals surface area (Å²) in [4.78, 5) is 4.58. The first-order valence-corrected chi connectivity index (χ1v) is 7.73. The Kier molecular flexibility index (Phi) is 11.1. The normalized spacial score (nSPS) is 24.9. The third kappa shape index (κ3) is 10.5. The van der Waals surface area contributed by atoms with Gasteiger partial charge in [-0.05, 0) is 14.1 Å². The lowest BCUT2D eigenvalue weighted by Crippen LogP contribution is -2.37. The van der Waals surface area contributed by atoms with Crippen LogP contribution >= 0.6 is 0 Å². The van der Waals surface area contributed by atoms with E-state index in [9.17, 15) is 0 Å². The predicted octanol–water partition coefficient (Wildman–Crippen LogP) is -0.924. The quantitative estimate of drug-likeness (QED) is 0.601. The number of rotatable bonds is 0. The zero-order valence-electron chi connectivity index (χ0n) is 13.2. The maximum absolute atomic E-state index is 5.57. The van der Waals surface area contributed by atoms with Gasteiger partial charge in [-0.1, -0.05) is 0 Å². The molecule has 2 N–H and O–H groups in total. The maximum atomic E-state index is 5.57. The fraction of sp³-hybridized carbons (Fsp3) is 1.00. The molecule has 1 saturated heterocycles. The molecule has 0 saturated carbocycles. The van der Waals surface area contributed by atoms with Crippen molar-refractivity contribution >= 4 is 0 Å². The summed E-state index contributed by atoms with van der Waals surface area (Å²) in [5.74, 6) is 0. The minimum absolute atomic E-state index is 0.692. The zero-order valence-corrected chi connectivity index (χ0v) is 13.2. The van der Waals surface area contributed by atoms with Crippen molar-refractivity contribution < 1.29 is 9.47 Å². The summed E-state index contributed by atoms with van der Waals surface area (Å²) in [7, 11) is 4.27. The highest BCUT2D eigenvalue weighted by Crippen LogP contribution is 1.86. The van der Waals surface area contributed by atoms with Crippen LogP contribution in [0, 0.1) is 0 Å². The summed E-state index contributed by atoms with van der Waals surface area (Å²) in [6.07, 6.45) is 0. The highest BCUT2D eigenvalue weighted by atomic mass is 16.5. The predicted molar refractivity (Wildman–Crippen MR) is 82.4 cm³/mol. The van der Waals surface area contributed by atoms with Crippen LogP contribution in [0.4, 0.5) is 0 Å². The van der Waals surface area contributed by atoms with E-state index in [1.165, 1.54) is 0 Å². The Labute approximate surface area is 123 Å². The molecular weight excluding hydrogens is 256 g/mol. The summed E-state index contributed by atoms with van der Waals surface area (Å²) in [5, 5.41) is 6.91. The second kappa shape index (κ2) is 12.5. The number of hydrogen-bond donors (Lipinski definition) is 2. The van der Waals surface area contributed by atoms with Crippen molar-refractivity contribution in [3.05, 3.63) is 0 Å². The zero-order chi connectivity index (χ0) is 14.5. The van der Waals surface area contributed by atoms with Crippen LogP contribution in [0.3, 0.4) is 0 Å². The molecule has 1 aliphatic rings. The number of ether oxygens (including phenoxy) is 2. The van der Waals surface area contributed by atoms with Gasteiger partial charge in [0.05, 0.1) is 26.4 Å². The Morgan fingerprint density at radius 3 is 1.50 bits per heavy atom. The minimum Gasteiger partial charge on any atom is -0.378 e. The van der Waals surface area contributed by atoms with Gasteiger partial charge in [-0.2, -0.15) is 0 Å². The Hall–Kier alpha value is -0.240. The summed E-state index contributed by atoms with van der Waals surface area (Å²) in [5.41, 5.74) is 0. The molecule has 1 fully saturated rings. The van der Waals surface area contributed by atoms with Crippen molar-refractivity contribution in [2.75, 3.05) is 92.9 Å². The van der Waals surface area contributed by atoms with E-state index in [2.05, 4.69) is 34.5 Å². The summed E-state index contributed by atoms with van der Waals surface area (Å²) < 4.78 is 11.1. The number of likely N-dealkylation sites (N-methyl/N-ethyl adjacent to an activating group) is 2. The van der Waals surface area contributed by atoms with E-state index in [-0.39, 0.29) is 0 Å². The second-order valence-corrected chi connectivity index (χ2v) is 5.33. The third-order valence-corrected chi connectivity index (χ3v) is 3.43. The molecule has 0 spiro atoms. The van der Waals surface area contributed by atoms with Crippen LogP contribution in [0.15, 0.2) is 0 Å². The van der Waals surface area contributed by atoms with Gasteiger partial charge in [-0.15, -0.1) is 0 Å². The van der Waals surface area contributed by atoms with Gasteiger partial charge in [0.2, 0.25) is 0 Å². The highest BCUT2D eigenvalue weighted by Gasteiger charge is 2.00. The fourth-order valence-electron chi connectivity index (χ4n) is 1.95. The Balaban J connectivity index is 2.16. The van der Waals surface area contributed by atoms with Crippen molar-refractivity contribution in [2.24, 2.45) is 0 Å². The fourth-order valence-corrected chi connectivity index (χ4v) is 1.95. The molecule has 0 amide bonds. The van der Waals surface area contributed by atoms with E-state index >= 15 is 0 Å². The molecule has 1 aliphatic heterocycles. The highest BCUT2D eigenvalue weighted by molar-refractivity contribution is 4.59. The molecule has 1 rings (SSSR count). The SMILES string of the molecule is CN1CCNCCNCCN(C)CCOCCOCC1. The van der Waals surface area contributed by atoms with E-state index in [0.29, 0.717) is 13.2 Å². The Bertz CT molecular complexity index is 177. The Morgan fingerprint density at radius 2 is 1.05 bits per heavy atom. The van der Waals surface area contributed by atoms with Gasteiger partial charge < -0.3 is 29.9 Å². The lowest BCUT2D eigenvalue weighted by atomic mass is 10.4. The van der Waals surface area contributed by atoms with Crippen LogP contribution in [0.1, 0.15) is 0 Å². The average molecular weight is 288 g/mol. The molecule has 20 heavy (non-hydrogen) atoms. The molecule has 6 nitrogen and oxygen atoms in total. The molecule has 0 aliphatic carbocycles. The van der Waals surface area contributed by atoms with E-state index in [0.717, 1.165) is 65.6 Å². The van der Waals surface area contributed by atoms with Gasteiger partial charge in [0.25, 0.3) is 0 Å². The van der Waals surface area contributed by atoms with E-state index in [4.69, 9.17) is 9.47 Å². The molecule has 0 atom stereocenters. The molecule has 120 valence electrons. The molecular formula is C14H32N4O2. The molecule has 0 aromatic carbocycles. The summed E-state index contributed by atoms with van der Waals surface area (Å²) in [6.45, 7) is 11.1. The van der Waals surface area contributed by atoms with Crippen LogP contribution < -0.4 is 10.6 Å². The van der Waals surface area contributed by atoms with Crippen molar-refractivity contribution in [3.63, 3.8) is 0 Å². The lowest BCUT2D eigenvalue weighted by Gasteiger charge is -2.19. The molecule has 0 radical (unpaired) electrons. The summed E-state index contributed by atoms with van der Waals surface area (Å²) in [6, 6.07) is 0. The van der Waals surface area contributed by atoms with Crippen LogP contribution in [-0.4, -0.2) is 103 Å². The van der Waals surface area contributed by atoms with Crippen molar-refractivity contribution in [1.29, 1.82) is 0 Å². The topological polar surface area (TPSA) is 49.0 Å². The lowest BCUT2D eigenvalue weighted by molar-refractivity contribution is 0.0351. The van der Waals surface area contributed by atoms with Gasteiger partial charge in [0.15, 0.2) is 0 Å². The van der Waals surface area contributed by atoms with Gasteiger partial charge >= 0.3 is 0 Å². The molecule has 0 bridgehead atoms. The van der Waals surface area contributed by atoms with Crippen LogP contribution in [0.2, 0.25) is 0 Å². The molecule has 6 heteroatoms. The first kappa shape index (κ1) is 17.8. The number of nitrogens with one attached hydrogen (secondary N) is 2. The molecule has 0 aromatic heterocycles. The number of nitrogens with zero attached hydrogens (tertiary/aromatic N) is 2. The third-order valence-electron chi connectivity index (χ3n) is 3.43. The Morgan fingerprint density at radius 1 is 0.600 bits per heavy atom. The minimum atomic E-state index is 0.692. The first-order chi connectivity index (χ1) is 9.79.